The summed E-state index contributed by atoms with van der Waals surface area (Å²) in [6.45, 7) is 4.17. The van der Waals surface area contributed by atoms with Crippen LogP contribution in [0.4, 0.5) is 5.95 Å². The average Bonchev–Trinajstić information content (AvgIpc) is 3.25. The molecule has 35 heavy (non-hydrogen) atoms. The highest BCUT2D eigenvalue weighted by molar-refractivity contribution is 6.00. The van der Waals surface area contributed by atoms with Gasteiger partial charge in [-0.3, -0.25) is 4.79 Å². The van der Waals surface area contributed by atoms with E-state index in [-0.39, 0.29) is 16.9 Å². The molecule has 5 rings (SSSR count). The maximum atomic E-state index is 13.5. The van der Waals surface area contributed by atoms with Gasteiger partial charge in [0, 0.05) is 34.9 Å². The Morgan fingerprint density at radius 2 is 1.74 bits per heavy atom. The number of aromatic nitrogens is 3. The minimum Gasteiger partial charge on any atom is -0.508 e. The number of ketones is 1. The SMILES string of the molecule is COc1cc(OC)c(C2C3=C(CC(C)(C)CC3=O)Nc3nc(-c4cccc(O)c4)nn32)cc1OC. The zero-order valence-electron chi connectivity index (χ0n) is 20.4. The first-order chi connectivity index (χ1) is 16.7. The van der Waals surface area contributed by atoms with E-state index in [1.54, 1.807) is 50.3 Å². The number of nitrogens with zero attached hydrogens (tertiary/aromatic N) is 3. The number of fused-ring (bicyclic) bond motifs is 1. The summed E-state index contributed by atoms with van der Waals surface area (Å²) in [5, 5.41) is 18.1. The lowest BCUT2D eigenvalue weighted by atomic mass is 9.73. The molecule has 0 amide bonds. The summed E-state index contributed by atoms with van der Waals surface area (Å²) in [7, 11) is 4.70. The quantitative estimate of drug-likeness (QED) is 0.560. The Morgan fingerprint density at radius 3 is 2.43 bits per heavy atom. The molecule has 0 spiro atoms. The maximum Gasteiger partial charge on any atom is 0.226 e. The number of carbonyl (C=O) groups is 1. The van der Waals surface area contributed by atoms with E-state index in [2.05, 4.69) is 19.2 Å². The van der Waals surface area contributed by atoms with Crippen LogP contribution < -0.4 is 19.5 Å². The highest BCUT2D eigenvalue weighted by Crippen LogP contribution is 2.49. The summed E-state index contributed by atoms with van der Waals surface area (Å²) in [4.78, 5) is 18.3. The van der Waals surface area contributed by atoms with Gasteiger partial charge in [0.15, 0.2) is 23.1 Å². The molecule has 2 aromatic carbocycles. The van der Waals surface area contributed by atoms with E-state index in [1.807, 2.05) is 12.1 Å². The molecule has 2 aliphatic rings. The molecule has 0 saturated carbocycles. The lowest BCUT2D eigenvalue weighted by Gasteiger charge is -2.38. The summed E-state index contributed by atoms with van der Waals surface area (Å²) in [6, 6.07) is 9.76. The minimum absolute atomic E-state index is 0.0469. The number of hydrogen-bond donors (Lipinski definition) is 2. The summed E-state index contributed by atoms with van der Waals surface area (Å²) in [5.74, 6) is 2.68. The number of aromatic hydroxyl groups is 1. The Hall–Kier alpha value is -4.01. The molecular formula is C26H28N4O5. The summed E-state index contributed by atoms with van der Waals surface area (Å²) >= 11 is 0. The molecule has 0 fully saturated rings. The van der Waals surface area contributed by atoms with E-state index < -0.39 is 6.04 Å². The number of rotatable bonds is 5. The predicted molar refractivity (Wildman–Crippen MR) is 130 cm³/mol. The van der Waals surface area contributed by atoms with Crippen molar-refractivity contribution in [3.8, 4) is 34.4 Å². The summed E-state index contributed by atoms with van der Waals surface area (Å²) in [5.41, 5.74) is 2.65. The number of phenolic OH excluding ortho intramolecular Hbond substituents is 1. The van der Waals surface area contributed by atoms with Crippen LogP contribution in [0.3, 0.4) is 0 Å². The Balaban J connectivity index is 1.75. The van der Waals surface area contributed by atoms with Crippen LogP contribution in [0, 0.1) is 5.41 Å². The molecule has 9 heteroatoms. The smallest absolute Gasteiger partial charge is 0.226 e. The van der Waals surface area contributed by atoms with Crippen LogP contribution in [0.1, 0.15) is 38.3 Å². The van der Waals surface area contributed by atoms with E-state index in [1.165, 1.54) is 0 Å². The molecule has 0 bridgehead atoms. The van der Waals surface area contributed by atoms with Gasteiger partial charge in [-0.05, 0) is 30.0 Å². The fourth-order valence-corrected chi connectivity index (χ4v) is 4.93. The molecule has 9 nitrogen and oxygen atoms in total. The van der Waals surface area contributed by atoms with Crippen molar-refractivity contribution in [2.75, 3.05) is 26.6 Å². The molecule has 1 aliphatic heterocycles. The highest BCUT2D eigenvalue weighted by Gasteiger charge is 2.43. The van der Waals surface area contributed by atoms with Gasteiger partial charge in [0.25, 0.3) is 0 Å². The first-order valence-corrected chi connectivity index (χ1v) is 11.3. The number of Topliss-reactive ketones (excluding diaryl/α,β-unsaturated/α-hetero) is 1. The fraction of sp³-hybridized carbons (Fsp3) is 0.346. The molecule has 3 aromatic rings. The van der Waals surface area contributed by atoms with Crippen LogP contribution in [-0.2, 0) is 4.79 Å². The molecule has 1 aromatic heterocycles. The zero-order valence-corrected chi connectivity index (χ0v) is 20.4. The van der Waals surface area contributed by atoms with Gasteiger partial charge in [-0.15, -0.1) is 5.10 Å². The van der Waals surface area contributed by atoms with Crippen molar-refractivity contribution < 1.29 is 24.1 Å². The Labute approximate surface area is 203 Å². The van der Waals surface area contributed by atoms with Crippen LogP contribution in [0.15, 0.2) is 47.7 Å². The van der Waals surface area contributed by atoms with Gasteiger partial charge < -0.3 is 24.6 Å². The number of phenols is 1. The van der Waals surface area contributed by atoms with E-state index >= 15 is 0 Å². The van der Waals surface area contributed by atoms with E-state index in [4.69, 9.17) is 24.3 Å². The first-order valence-electron chi connectivity index (χ1n) is 11.3. The number of anilines is 1. The minimum atomic E-state index is -0.585. The fourth-order valence-electron chi connectivity index (χ4n) is 4.93. The Bertz CT molecular complexity index is 1360. The lowest BCUT2D eigenvalue weighted by Crippen LogP contribution is -2.36. The number of methoxy groups -OCH3 is 3. The van der Waals surface area contributed by atoms with Gasteiger partial charge in [0.2, 0.25) is 5.95 Å². The number of hydrogen-bond acceptors (Lipinski definition) is 8. The monoisotopic (exact) mass is 476 g/mol. The second-order valence-electron chi connectivity index (χ2n) is 9.56. The number of allylic oxidation sites excluding steroid dienone is 2. The van der Waals surface area contributed by atoms with Crippen molar-refractivity contribution in [1.29, 1.82) is 0 Å². The molecule has 2 N–H and O–H groups in total. The first kappa shape index (κ1) is 22.8. The molecule has 0 radical (unpaired) electrons. The lowest BCUT2D eigenvalue weighted by molar-refractivity contribution is -0.118. The number of nitrogens with one attached hydrogen (secondary N) is 1. The largest absolute Gasteiger partial charge is 0.508 e. The average molecular weight is 477 g/mol. The third-order valence-corrected chi connectivity index (χ3v) is 6.47. The Kier molecular flexibility index (Phi) is 5.42. The number of benzene rings is 2. The van der Waals surface area contributed by atoms with Gasteiger partial charge in [-0.1, -0.05) is 26.0 Å². The molecule has 182 valence electrons. The van der Waals surface area contributed by atoms with Gasteiger partial charge in [-0.2, -0.15) is 4.98 Å². The third kappa shape index (κ3) is 3.86. The number of ether oxygens (including phenoxy) is 3. The van der Waals surface area contributed by atoms with Crippen molar-refractivity contribution >= 4 is 11.7 Å². The van der Waals surface area contributed by atoms with Gasteiger partial charge >= 0.3 is 0 Å². The molecule has 2 heterocycles. The highest BCUT2D eigenvalue weighted by atomic mass is 16.5. The van der Waals surface area contributed by atoms with Crippen LogP contribution >= 0.6 is 0 Å². The molecule has 1 atom stereocenters. The van der Waals surface area contributed by atoms with E-state index in [0.717, 1.165) is 5.70 Å². The number of carbonyl (C=O) groups excluding carboxylic acids is 1. The molecule has 1 aliphatic carbocycles. The topological polar surface area (TPSA) is 108 Å². The van der Waals surface area contributed by atoms with Crippen LogP contribution in [0.2, 0.25) is 0 Å². The third-order valence-electron chi connectivity index (χ3n) is 6.47. The molecule has 1 unspecified atom stereocenters. The predicted octanol–water partition coefficient (Wildman–Crippen LogP) is 4.33. The zero-order chi connectivity index (χ0) is 24.9. The maximum absolute atomic E-state index is 13.5. The van der Waals surface area contributed by atoms with Gasteiger partial charge in [-0.25, -0.2) is 4.68 Å². The summed E-state index contributed by atoms with van der Waals surface area (Å²) < 4.78 is 18.5. The van der Waals surface area contributed by atoms with Crippen LogP contribution in [-0.4, -0.2) is 47.0 Å². The van der Waals surface area contributed by atoms with Crippen molar-refractivity contribution in [2.45, 2.75) is 32.7 Å². The molecule has 0 saturated heterocycles. The molecular weight excluding hydrogens is 448 g/mol. The Morgan fingerprint density at radius 1 is 1.03 bits per heavy atom. The second kappa shape index (κ2) is 8.33. The standard InChI is InChI=1S/C26H28N4O5/c1-26(2)12-17-22(18(32)13-26)23(16-10-20(34-4)21(35-5)11-19(16)33-3)30-25(27-17)28-24(29-30)14-7-6-8-15(31)9-14/h6-11,23,31H,12-13H2,1-5H3,(H,27,28,29). The van der Waals surface area contributed by atoms with Crippen molar-refractivity contribution in [3.05, 3.63) is 53.2 Å². The van der Waals surface area contributed by atoms with Crippen molar-refractivity contribution in [3.63, 3.8) is 0 Å². The van der Waals surface area contributed by atoms with E-state index in [0.29, 0.717) is 58.6 Å². The van der Waals surface area contributed by atoms with Crippen LogP contribution in [0.25, 0.3) is 11.4 Å². The van der Waals surface area contributed by atoms with Gasteiger partial charge in [0.1, 0.15) is 17.5 Å². The second-order valence-corrected chi connectivity index (χ2v) is 9.56. The van der Waals surface area contributed by atoms with Crippen LogP contribution in [0.5, 0.6) is 23.0 Å². The van der Waals surface area contributed by atoms with Crippen molar-refractivity contribution in [1.82, 2.24) is 14.8 Å². The van der Waals surface area contributed by atoms with Gasteiger partial charge in [0.05, 0.1) is 21.3 Å². The van der Waals surface area contributed by atoms with E-state index in [9.17, 15) is 9.90 Å². The van der Waals surface area contributed by atoms with Crippen molar-refractivity contribution in [2.24, 2.45) is 5.41 Å². The normalized spacial score (nSPS) is 18.4. The summed E-state index contributed by atoms with van der Waals surface area (Å²) in [6.07, 6.45) is 1.11.